The second-order valence-electron chi connectivity index (χ2n) is 5.55. The Morgan fingerprint density at radius 3 is 2.36 bits per heavy atom. The number of hydrogen-bond donors (Lipinski definition) is 3. The van der Waals surface area contributed by atoms with Gasteiger partial charge < -0.3 is 16.2 Å². The zero-order valence-corrected chi connectivity index (χ0v) is 9.29. The minimum absolute atomic E-state index is 0.0846. The number of nitrogens with two attached hydrogens (primary N) is 1. The van der Waals surface area contributed by atoms with Crippen LogP contribution in [-0.4, -0.2) is 22.8 Å². The second kappa shape index (κ2) is 3.12. The van der Waals surface area contributed by atoms with Crippen LogP contribution in [0, 0.1) is 11.3 Å². The van der Waals surface area contributed by atoms with Gasteiger partial charge in [-0.15, -0.1) is 0 Å². The number of hydrogen-bond acceptors (Lipinski definition) is 2. The molecule has 1 amide bonds. The van der Waals surface area contributed by atoms with Crippen molar-refractivity contribution in [1.82, 2.24) is 5.32 Å². The van der Waals surface area contributed by atoms with Crippen molar-refractivity contribution in [3.8, 4) is 0 Å². The minimum atomic E-state index is -0.990. The highest BCUT2D eigenvalue weighted by Gasteiger charge is 2.53. The second-order valence-corrected chi connectivity index (χ2v) is 5.55. The summed E-state index contributed by atoms with van der Waals surface area (Å²) in [5.74, 6) is 0.388. The molecule has 4 nitrogen and oxygen atoms in total. The van der Waals surface area contributed by atoms with Crippen LogP contribution in [-0.2, 0) is 0 Å². The first-order chi connectivity index (χ1) is 6.17. The zero-order valence-electron chi connectivity index (χ0n) is 9.29. The van der Waals surface area contributed by atoms with Gasteiger partial charge in [-0.1, -0.05) is 20.8 Å². The number of carboxylic acid groups (broad SMARTS) is 1. The first-order valence-electron chi connectivity index (χ1n) is 4.93. The molecule has 3 unspecified atom stereocenters. The predicted molar refractivity (Wildman–Crippen MR) is 55.1 cm³/mol. The maximum atomic E-state index is 10.5. The largest absolute Gasteiger partial charge is 0.465 e. The topological polar surface area (TPSA) is 75.3 Å². The Hall–Kier alpha value is -0.770. The Morgan fingerprint density at radius 1 is 1.57 bits per heavy atom. The molecule has 1 rings (SSSR count). The summed E-state index contributed by atoms with van der Waals surface area (Å²) in [6, 6.07) is -0.0846. The lowest BCUT2D eigenvalue weighted by atomic mass is 9.56. The van der Waals surface area contributed by atoms with Crippen molar-refractivity contribution in [1.29, 1.82) is 0 Å². The maximum absolute atomic E-state index is 10.5. The van der Waals surface area contributed by atoms with E-state index in [1.165, 1.54) is 0 Å². The van der Waals surface area contributed by atoms with Crippen LogP contribution >= 0.6 is 0 Å². The van der Waals surface area contributed by atoms with E-state index >= 15 is 0 Å². The SMILES string of the molecule is CC(C)(C)C1CC(C)(NC(=O)O)C1N. The molecular formula is C10H20N2O2. The molecule has 0 heterocycles. The molecule has 0 spiro atoms. The number of rotatable bonds is 1. The van der Waals surface area contributed by atoms with E-state index in [2.05, 4.69) is 26.1 Å². The molecule has 0 saturated heterocycles. The summed E-state index contributed by atoms with van der Waals surface area (Å²) in [7, 11) is 0. The Bertz CT molecular complexity index is 247. The van der Waals surface area contributed by atoms with Crippen LogP contribution in [0.3, 0.4) is 0 Å². The van der Waals surface area contributed by atoms with E-state index in [-0.39, 0.29) is 11.5 Å². The fraction of sp³-hybridized carbons (Fsp3) is 0.900. The van der Waals surface area contributed by atoms with Gasteiger partial charge in [-0.3, -0.25) is 0 Å². The standard InChI is InChI=1S/C10H20N2O2/c1-9(2,3)6-5-10(4,7(6)11)12-8(13)14/h6-7,12H,5,11H2,1-4H3,(H,13,14). The monoisotopic (exact) mass is 200 g/mol. The summed E-state index contributed by atoms with van der Waals surface area (Å²) in [5, 5.41) is 11.2. The first-order valence-corrected chi connectivity index (χ1v) is 4.93. The first kappa shape index (κ1) is 11.3. The molecule has 3 atom stereocenters. The third-order valence-electron chi connectivity index (χ3n) is 3.32. The van der Waals surface area contributed by atoms with Crippen molar-refractivity contribution in [3.63, 3.8) is 0 Å². The van der Waals surface area contributed by atoms with Gasteiger partial charge in [-0.05, 0) is 24.7 Å². The highest BCUT2D eigenvalue weighted by atomic mass is 16.4. The fourth-order valence-electron chi connectivity index (χ4n) is 2.23. The van der Waals surface area contributed by atoms with Gasteiger partial charge in [0.15, 0.2) is 0 Å². The van der Waals surface area contributed by atoms with Crippen molar-refractivity contribution in [2.75, 3.05) is 0 Å². The molecule has 0 aliphatic heterocycles. The van der Waals surface area contributed by atoms with Gasteiger partial charge in [0, 0.05) is 6.04 Å². The molecule has 4 heteroatoms. The highest BCUT2D eigenvalue weighted by Crippen LogP contribution is 2.46. The van der Waals surface area contributed by atoms with Crippen molar-refractivity contribution < 1.29 is 9.90 Å². The average molecular weight is 200 g/mol. The van der Waals surface area contributed by atoms with E-state index in [4.69, 9.17) is 10.8 Å². The summed E-state index contributed by atoms with van der Waals surface area (Å²) in [4.78, 5) is 10.5. The van der Waals surface area contributed by atoms with E-state index in [1.54, 1.807) is 0 Å². The predicted octanol–water partition coefficient (Wildman–Crippen LogP) is 1.41. The molecule has 14 heavy (non-hydrogen) atoms. The summed E-state index contributed by atoms with van der Waals surface area (Å²) in [6.45, 7) is 8.28. The maximum Gasteiger partial charge on any atom is 0.405 e. The molecular weight excluding hydrogens is 180 g/mol. The van der Waals surface area contributed by atoms with Crippen LogP contribution < -0.4 is 11.1 Å². The van der Waals surface area contributed by atoms with Gasteiger partial charge in [0.05, 0.1) is 5.54 Å². The van der Waals surface area contributed by atoms with Gasteiger partial charge >= 0.3 is 6.09 Å². The van der Waals surface area contributed by atoms with E-state index < -0.39 is 11.6 Å². The van der Waals surface area contributed by atoms with Crippen LogP contribution in [0.4, 0.5) is 4.79 Å². The lowest BCUT2D eigenvalue weighted by Crippen LogP contribution is -2.71. The summed E-state index contributed by atoms with van der Waals surface area (Å²) >= 11 is 0. The van der Waals surface area contributed by atoms with Crippen LogP contribution in [0.2, 0.25) is 0 Å². The molecule has 0 radical (unpaired) electrons. The average Bonchev–Trinajstić information content (AvgIpc) is 1.97. The summed E-state index contributed by atoms with van der Waals surface area (Å²) in [6.07, 6.45) is -0.167. The smallest absolute Gasteiger partial charge is 0.405 e. The Kier molecular flexibility index (Phi) is 2.52. The van der Waals surface area contributed by atoms with Gasteiger partial charge in [-0.2, -0.15) is 0 Å². The zero-order chi connectivity index (χ0) is 11.1. The van der Waals surface area contributed by atoms with Gasteiger partial charge in [0.25, 0.3) is 0 Å². The quantitative estimate of drug-likeness (QED) is 0.599. The molecule has 0 aromatic rings. The molecule has 0 bridgehead atoms. The van der Waals surface area contributed by atoms with E-state index in [0.29, 0.717) is 5.92 Å². The normalized spacial score (nSPS) is 37.5. The number of carbonyl (C=O) groups is 1. The Labute approximate surface area is 84.9 Å². The summed E-state index contributed by atoms with van der Waals surface area (Å²) < 4.78 is 0. The molecule has 82 valence electrons. The van der Waals surface area contributed by atoms with E-state index in [0.717, 1.165) is 6.42 Å². The number of amides is 1. The van der Waals surface area contributed by atoms with Crippen molar-refractivity contribution in [2.45, 2.75) is 45.7 Å². The molecule has 4 N–H and O–H groups in total. The summed E-state index contributed by atoms with van der Waals surface area (Å²) in [5.41, 5.74) is 5.72. The number of nitrogens with one attached hydrogen (secondary N) is 1. The van der Waals surface area contributed by atoms with E-state index in [1.807, 2.05) is 6.92 Å². The molecule has 1 aliphatic carbocycles. The Morgan fingerprint density at radius 2 is 2.07 bits per heavy atom. The van der Waals surface area contributed by atoms with Crippen molar-refractivity contribution in [3.05, 3.63) is 0 Å². The molecule has 1 fully saturated rings. The highest BCUT2D eigenvalue weighted by molar-refractivity contribution is 5.66. The van der Waals surface area contributed by atoms with Crippen LogP contribution in [0.15, 0.2) is 0 Å². The van der Waals surface area contributed by atoms with Gasteiger partial charge in [0.2, 0.25) is 0 Å². The third-order valence-corrected chi connectivity index (χ3v) is 3.32. The third kappa shape index (κ3) is 1.85. The Balaban J connectivity index is 2.62. The minimum Gasteiger partial charge on any atom is -0.465 e. The molecule has 0 aromatic heterocycles. The van der Waals surface area contributed by atoms with Gasteiger partial charge in [-0.25, -0.2) is 4.79 Å². The molecule has 1 saturated carbocycles. The fourth-order valence-corrected chi connectivity index (χ4v) is 2.23. The lowest BCUT2D eigenvalue weighted by Gasteiger charge is -2.56. The lowest BCUT2D eigenvalue weighted by molar-refractivity contribution is 0.00880. The molecule has 1 aliphatic rings. The van der Waals surface area contributed by atoms with Crippen LogP contribution in [0.25, 0.3) is 0 Å². The van der Waals surface area contributed by atoms with Crippen molar-refractivity contribution >= 4 is 6.09 Å². The molecule has 0 aromatic carbocycles. The van der Waals surface area contributed by atoms with Crippen LogP contribution in [0.5, 0.6) is 0 Å². The van der Waals surface area contributed by atoms with Gasteiger partial charge in [0.1, 0.15) is 0 Å². The van der Waals surface area contributed by atoms with E-state index in [9.17, 15) is 4.79 Å². The van der Waals surface area contributed by atoms with Crippen LogP contribution in [0.1, 0.15) is 34.1 Å². The van der Waals surface area contributed by atoms with Crippen molar-refractivity contribution in [2.24, 2.45) is 17.1 Å².